The van der Waals surface area contributed by atoms with Crippen molar-refractivity contribution in [1.29, 1.82) is 0 Å². The number of rotatable bonds is 6. The number of alkyl halides is 14. The van der Waals surface area contributed by atoms with Crippen molar-refractivity contribution in [3.05, 3.63) is 0 Å². The Bertz CT molecular complexity index is 345. The van der Waals surface area contributed by atoms with Crippen LogP contribution in [0.15, 0.2) is 0 Å². The Labute approximate surface area is 203 Å². The summed E-state index contributed by atoms with van der Waals surface area (Å²) in [4.78, 5) is -2.96. The molecular formula is C8H4Cl14O. The zero-order valence-corrected chi connectivity index (χ0v) is 20.6. The van der Waals surface area contributed by atoms with Gasteiger partial charge in [0, 0.05) is 0 Å². The van der Waals surface area contributed by atoms with E-state index in [2.05, 4.69) is 0 Å². The average Bonchev–Trinajstić information content (AvgIpc) is 2.24. The van der Waals surface area contributed by atoms with Crippen molar-refractivity contribution in [2.75, 3.05) is 0 Å². The second-order valence-corrected chi connectivity index (χ2v) is 13.7. The second-order valence-electron chi connectivity index (χ2n) is 3.93. The minimum atomic E-state index is -2.28. The van der Waals surface area contributed by atoms with Crippen molar-refractivity contribution < 1.29 is 4.74 Å². The SMILES string of the molecule is ClC(Cl)C(Cl)(Cl)C(OC(C(Cl)(Cl)Cl)C(Cl)(Cl)C(Cl)Cl)C(Cl)(Cl)Cl. The summed E-state index contributed by atoms with van der Waals surface area (Å²) in [6.07, 6.45) is -3.51. The molecule has 1 nitrogen and oxygen atoms in total. The normalized spacial score (nSPS) is 17.7. The molecule has 23 heavy (non-hydrogen) atoms. The number of hydrogen-bond donors (Lipinski definition) is 0. The quantitative estimate of drug-likeness (QED) is 0.274. The van der Waals surface area contributed by atoms with Crippen molar-refractivity contribution in [3.63, 3.8) is 0 Å². The fourth-order valence-electron chi connectivity index (χ4n) is 1.14. The number of halogens is 14. The molecule has 0 aliphatic rings. The number of hydrogen-bond acceptors (Lipinski definition) is 1. The second kappa shape index (κ2) is 9.68. The molecule has 0 aromatic rings. The highest BCUT2D eigenvalue weighted by molar-refractivity contribution is 6.71. The van der Waals surface area contributed by atoms with Crippen LogP contribution in [0, 0.1) is 0 Å². The molecule has 2 atom stereocenters. The van der Waals surface area contributed by atoms with E-state index in [0.29, 0.717) is 0 Å². The molecule has 0 saturated carbocycles. The predicted octanol–water partition coefficient (Wildman–Crippen LogP) is 8.44. The van der Waals surface area contributed by atoms with Gasteiger partial charge in [0.15, 0.2) is 8.67 Å². The minimum absolute atomic E-state index is 1.48. The Morgan fingerprint density at radius 2 is 0.696 bits per heavy atom. The first-order valence-electron chi connectivity index (χ1n) is 4.97. The molecule has 0 saturated heterocycles. The van der Waals surface area contributed by atoms with Crippen LogP contribution in [0.25, 0.3) is 0 Å². The first-order chi connectivity index (χ1) is 9.86. The Hall–Kier alpha value is 4.02. The molecule has 0 aliphatic carbocycles. The van der Waals surface area contributed by atoms with E-state index in [4.69, 9.17) is 167 Å². The van der Waals surface area contributed by atoms with Gasteiger partial charge >= 0.3 is 0 Å². The number of ether oxygens (including phenoxy) is 1. The monoisotopic (exact) mass is 606 g/mol. The Balaban J connectivity index is 5.94. The lowest BCUT2D eigenvalue weighted by Crippen LogP contribution is -2.56. The van der Waals surface area contributed by atoms with Crippen LogP contribution in [0.1, 0.15) is 0 Å². The van der Waals surface area contributed by atoms with Crippen LogP contribution in [-0.4, -0.2) is 38.1 Å². The van der Waals surface area contributed by atoms with Crippen molar-refractivity contribution >= 4 is 162 Å². The predicted molar refractivity (Wildman–Crippen MR) is 109 cm³/mol. The van der Waals surface area contributed by atoms with Crippen LogP contribution >= 0.6 is 162 Å². The highest BCUT2D eigenvalue weighted by atomic mass is 35.6. The van der Waals surface area contributed by atoms with Crippen molar-refractivity contribution in [2.24, 2.45) is 0 Å². The van der Waals surface area contributed by atoms with Gasteiger partial charge < -0.3 is 4.74 Å². The Morgan fingerprint density at radius 3 is 0.826 bits per heavy atom. The zero-order valence-electron chi connectivity index (χ0n) is 10.0. The van der Waals surface area contributed by atoms with Crippen LogP contribution in [0.5, 0.6) is 0 Å². The van der Waals surface area contributed by atoms with Gasteiger partial charge in [-0.1, -0.05) is 116 Å². The van der Waals surface area contributed by atoms with Gasteiger partial charge in [-0.3, -0.25) is 0 Å². The van der Waals surface area contributed by atoms with Gasteiger partial charge in [-0.15, -0.1) is 46.4 Å². The van der Waals surface area contributed by atoms with Gasteiger partial charge in [0.05, 0.1) is 0 Å². The van der Waals surface area contributed by atoms with E-state index in [1.54, 1.807) is 0 Å². The molecule has 0 N–H and O–H groups in total. The lowest BCUT2D eigenvalue weighted by molar-refractivity contribution is -0.0210. The van der Waals surface area contributed by atoms with Crippen LogP contribution in [-0.2, 0) is 4.74 Å². The molecule has 15 heteroatoms. The minimum Gasteiger partial charge on any atom is -0.360 e. The zero-order chi connectivity index (χ0) is 19.0. The van der Waals surface area contributed by atoms with E-state index in [1.165, 1.54) is 0 Å². The summed E-state index contributed by atoms with van der Waals surface area (Å²) >= 11 is 81.4. The topological polar surface area (TPSA) is 9.23 Å². The lowest BCUT2D eigenvalue weighted by atomic mass is 10.2. The first kappa shape index (κ1) is 27.0. The van der Waals surface area contributed by atoms with Gasteiger partial charge in [-0.25, -0.2) is 0 Å². The molecule has 0 bridgehead atoms. The van der Waals surface area contributed by atoms with Crippen LogP contribution in [0.4, 0.5) is 0 Å². The Morgan fingerprint density at radius 1 is 0.478 bits per heavy atom. The highest BCUT2D eigenvalue weighted by Gasteiger charge is 2.59. The molecule has 0 spiro atoms. The van der Waals surface area contributed by atoms with Gasteiger partial charge in [-0.05, 0) is 0 Å². The summed E-state index contributed by atoms with van der Waals surface area (Å²) in [7, 11) is 0. The first-order valence-corrected chi connectivity index (χ1v) is 10.5. The fraction of sp³-hybridized carbons (Fsp3) is 1.00. The van der Waals surface area contributed by atoms with Gasteiger partial charge in [0.25, 0.3) is 0 Å². The molecule has 0 heterocycles. The van der Waals surface area contributed by atoms with E-state index in [1.807, 2.05) is 0 Å². The summed E-state index contributed by atoms with van der Waals surface area (Å²) in [6, 6.07) is 0. The Kier molecular flexibility index (Phi) is 11.4. The van der Waals surface area contributed by atoms with Crippen LogP contribution in [0.3, 0.4) is 0 Å². The van der Waals surface area contributed by atoms with E-state index in [-0.39, 0.29) is 0 Å². The van der Waals surface area contributed by atoms with Crippen molar-refractivity contribution in [2.45, 2.75) is 38.1 Å². The molecular weight excluding hydrogens is 608 g/mol. The van der Waals surface area contributed by atoms with E-state index >= 15 is 0 Å². The largest absolute Gasteiger partial charge is 0.360 e. The molecule has 0 radical (unpaired) electrons. The third kappa shape index (κ3) is 7.75. The highest BCUT2D eigenvalue weighted by Crippen LogP contribution is 2.53. The third-order valence-electron chi connectivity index (χ3n) is 2.15. The summed E-state index contributed by atoms with van der Waals surface area (Å²) in [5.41, 5.74) is 0. The summed E-state index contributed by atoms with van der Waals surface area (Å²) < 4.78 is -3.52. The average molecular weight is 612 g/mol. The molecule has 0 aromatic carbocycles. The van der Waals surface area contributed by atoms with E-state index in [0.717, 1.165) is 0 Å². The van der Waals surface area contributed by atoms with Gasteiger partial charge in [-0.2, -0.15) is 0 Å². The summed E-state index contributed by atoms with van der Waals surface area (Å²) in [5, 5.41) is 0. The maximum atomic E-state index is 5.99. The maximum Gasteiger partial charge on any atom is 0.219 e. The van der Waals surface area contributed by atoms with Gasteiger partial charge in [0.2, 0.25) is 7.59 Å². The van der Waals surface area contributed by atoms with Crippen LogP contribution in [0.2, 0.25) is 0 Å². The maximum absolute atomic E-state index is 5.99. The molecule has 0 aliphatic heterocycles. The van der Waals surface area contributed by atoms with Crippen molar-refractivity contribution in [3.8, 4) is 0 Å². The molecule has 0 rings (SSSR count). The van der Waals surface area contributed by atoms with E-state index < -0.39 is 38.1 Å². The smallest absolute Gasteiger partial charge is 0.219 e. The molecule has 2 unspecified atom stereocenters. The standard InChI is InChI=1S/C8H4Cl14O/c9-3(10)5(13,14)1(7(17,18)19)23-2(8(20,21)22)6(15,16)4(11)12/h1-4H. The van der Waals surface area contributed by atoms with E-state index in [9.17, 15) is 0 Å². The van der Waals surface area contributed by atoms with Crippen LogP contribution < -0.4 is 0 Å². The summed E-state index contributed by atoms with van der Waals surface area (Å²) in [5.74, 6) is 0. The fourth-order valence-corrected chi connectivity index (χ4v) is 4.47. The molecule has 0 fully saturated rings. The lowest BCUT2D eigenvalue weighted by Gasteiger charge is -2.42. The molecule has 0 amide bonds. The van der Waals surface area contributed by atoms with Gasteiger partial charge in [0.1, 0.15) is 21.9 Å². The summed E-state index contributed by atoms with van der Waals surface area (Å²) in [6.45, 7) is 0. The molecule has 140 valence electrons. The molecule has 0 aromatic heterocycles. The van der Waals surface area contributed by atoms with Crippen molar-refractivity contribution in [1.82, 2.24) is 0 Å². The third-order valence-corrected chi connectivity index (χ3v) is 7.27.